The Kier molecular flexibility index (Phi) is 4.60. The van der Waals surface area contributed by atoms with Crippen molar-refractivity contribution in [3.05, 3.63) is 35.4 Å². The average Bonchev–Trinajstić information content (AvgIpc) is 2.20. The van der Waals surface area contributed by atoms with Gasteiger partial charge in [0.2, 0.25) is 0 Å². The summed E-state index contributed by atoms with van der Waals surface area (Å²) in [5, 5.41) is 13.2. The summed E-state index contributed by atoms with van der Waals surface area (Å²) in [4.78, 5) is 0. The van der Waals surface area contributed by atoms with Crippen LogP contribution in [0.2, 0.25) is 0 Å². The zero-order valence-corrected chi connectivity index (χ0v) is 10.4. The number of benzene rings is 1. The molecule has 0 saturated heterocycles. The van der Waals surface area contributed by atoms with Gasteiger partial charge in [-0.15, -0.1) is 0 Å². The number of hydrogen-bond donors (Lipinski definition) is 2. The summed E-state index contributed by atoms with van der Waals surface area (Å²) in [5.74, 6) is -0.981. The minimum absolute atomic E-state index is 0.0797. The molecule has 0 fully saturated rings. The smallest absolute Gasteiger partial charge is 0.126 e. The fourth-order valence-electron chi connectivity index (χ4n) is 1.58. The normalized spacial score (nSPS) is 15.0. The molecule has 0 heterocycles. The Morgan fingerprint density at radius 1 is 1.35 bits per heavy atom. The van der Waals surface area contributed by atoms with Crippen LogP contribution >= 0.6 is 0 Å². The molecule has 17 heavy (non-hydrogen) atoms. The SMILES string of the molecule is CC(C)NCC(C)(O)Cc1cc(F)ccc1F. The quantitative estimate of drug-likeness (QED) is 0.831. The largest absolute Gasteiger partial charge is 0.389 e. The molecule has 2 N–H and O–H groups in total. The van der Waals surface area contributed by atoms with Crippen LogP contribution < -0.4 is 5.32 Å². The third-order valence-electron chi connectivity index (χ3n) is 2.47. The van der Waals surface area contributed by atoms with Gasteiger partial charge in [-0.05, 0) is 30.7 Å². The molecule has 0 saturated carbocycles. The van der Waals surface area contributed by atoms with Crippen molar-refractivity contribution in [2.24, 2.45) is 0 Å². The molecular weight excluding hydrogens is 224 g/mol. The molecule has 96 valence electrons. The van der Waals surface area contributed by atoms with Crippen LogP contribution in [0.25, 0.3) is 0 Å². The molecule has 0 radical (unpaired) electrons. The summed E-state index contributed by atoms with van der Waals surface area (Å²) in [6.07, 6.45) is 0.0797. The molecular formula is C13H19F2NO. The van der Waals surface area contributed by atoms with Crippen molar-refractivity contribution in [1.82, 2.24) is 5.32 Å². The third-order valence-corrected chi connectivity index (χ3v) is 2.47. The van der Waals surface area contributed by atoms with E-state index in [0.29, 0.717) is 6.54 Å². The minimum atomic E-state index is -1.10. The summed E-state index contributed by atoms with van der Waals surface area (Å²) in [6.45, 7) is 5.85. The second-order valence-electron chi connectivity index (χ2n) is 4.95. The molecule has 0 amide bonds. The molecule has 0 aliphatic heterocycles. The first-order valence-electron chi connectivity index (χ1n) is 5.70. The molecule has 1 aromatic carbocycles. The van der Waals surface area contributed by atoms with Crippen molar-refractivity contribution in [3.8, 4) is 0 Å². The van der Waals surface area contributed by atoms with Gasteiger partial charge in [-0.25, -0.2) is 8.78 Å². The number of rotatable bonds is 5. The van der Waals surface area contributed by atoms with E-state index < -0.39 is 17.2 Å². The van der Waals surface area contributed by atoms with Gasteiger partial charge in [0, 0.05) is 19.0 Å². The molecule has 1 unspecified atom stereocenters. The van der Waals surface area contributed by atoms with Crippen LogP contribution in [0.1, 0.15) is 26.3 Å². The van der Waals surface area contributed by atoms with Crippen molar-refractivity contribution in [2.45, 2.75) is 38.8 Å². The maximum atomic E-state index is 13.4. The second-order valence-corrected chi connectivity index (χ2v) is 4.95. The topological polar surface area (TPSA) is 32.3 Å². The molecule has 0 aromatic heterocycles. The molecule has 4 heteroatoms. The first kappa shape index (κ1) is 14.1. The minimum Gasteiger partial charge on any atom is -0.389 e. The van der Waals surface area contributed by atoms with Crippen molar-refractivity contribution in [1.29, 1.82) is 0 Å². The predicted octanol–water partition coefficient (Wildman–Crippen LogP) is 2.26. The standard InChI is InChI=1S/C13H19F2NO/c1-9(2)16-8-13(3,17)7-10-6-11(14)4-5-12(10)15/h4-6,9,16-17H,7-8H2,1-3H3. The predicted molar refractivity (Wildman–Crippen MR) is 63.8 cm³/mol. The first-order chi connectivity index (χ1) is 7.80. The fourth-order valence-corrected chi connectivity index (χ4v) is 1.58. The van der Waals surface area contributed by atoms with Crippen LogP contribution in [0.15, 0.2) is 18.2 Å². The summed E-state index contributed by atoms with van der Waals surface area (Å²) >= 11 is 0. The van der Waals surface area contributed by atoms with Crippen molar-refractivity contribution < 1.29 is 13.9 Å². The first-order valence-corrected chi connectivity index (χ1v) is 5.70. The van der Waals surface area contributed by atoms with Gasteiger partial charge >= 0.3 is 0 Å². The Bertz CT molecular complexity index is 378. The highest BCUT2D eigenvalue weighted by Crippen LogP contribution is 2.17. The maximum absolute atomic E-state index is 13.4. The maximum Gasteiger partial charge on any atom is 0.126 e. The van der Waals surface area contributed by atoms with Crippen LogP contribution in [0.5, 0.6) is 0 Å². The Hall–Kier alpha value is -1.00. The van der Waals surface area contributed by atoms with Gasteiger partial charge in [0.1, 0.15) is 11.6 Å². The lowest BCUT2D eigenvalue weighted by molar-refractivity contribution is 0.0572. The molecule has 0 aliphatic rings. The lowest BCUT2D eigenvalue weighted by Crippen LogP contribution is -2.42. The van der Waals surface area contributed by atoms with Crippen molar-refractivity contribution in [3.63, 3.8) is 0 Å². The Morgan fingerprint density at radius 2 is 2.00 bits per heavy atom. The summed E-state index contributed by atoms with van der Waals surface area (Å²) in [5.41, 5.74) is -0.903. The summed E-state index contributed by atoms with van der Waals surface area (Å²) in [7, 11) is 0. The van der Waals surface area contributed by atoms with Gasteiger partial charge in [0.15, 0.2) is 0 Å². The van der Waals surface area contributed by atoms with E-state index >= 15 is 0 Å². The van der Waals surface area contributed by atoms with Crippen LogP contribution in [0.3, 0.4) is 0 Å². The molecule has 1 rings (SSSR count). The number of aliphatic hydroxyl groups is 1. The monoisotopic (exact) mass is 243 g/mol. The zero-order valence-electron chi connectivity index (χ0n) is 10.4. The van der Waals surface area contributed by atoms with Crippen LogP contribution in [-0.4, -0.2) is 23.3 Å². The van der Waals surface area contributed by atoms with Crippen LogP contribution in [-0.2, 0) is 6.42 Å². The molecule has 0 bridgehead atoms. The number of hydrogen-bond acceptors (Lipinski definition) is 2. The molecule has 2 nitrogen and oxygen atoms in total. The van der Waals surface area contributed by atoms with E-state index in [4.69, 9.17) is 0 Å². The highest BCUT2D eigenvalue weighted by Gasteiger charge is 2.22. The van der Waals surface area contributed by atoms with E-state index in [1.165, 1.54) is 0 Å². The molecule has 0 aliphatic carbocycles. The van der Waals surface area contributed by atoms with E-state index in [9.17, 15) is 13.9 Å². The van der Waals surface area contributed by atoms with E-state index in [1.54, 1.807) is 6.92 Å². The van der Waals surface area contributed by atoms with Gasteiger partial charge in [-0.1, -0.05) is 13.8 Å². The lowest BCUT2D eigenvalue weighted by atomic mass is 9.96. The highest BCUT2D eigenvalue weighted by atomic mass is 19.1. The van der Waals surface area contributed by atoms with E-state index in [-0.39, 0.29) is 18.0 Å². The van der Waals surface area contributed by atoms with E-state index in [2.05, 4.69) is 5.32 Å². The molecule has 1 aromatic rings. The lowest BCUT2D eigenvalue weighted by Gasteiger charge is -2.25. The summed E-state index contributed by atoms with van der Waals surface area (Å²) in [6, 6.07) is 3.51. The van der Waals surface area contributed by atoms with Gasteiger partial charge in [-0.3, -0.25) is 0 Å². The van der Waals surface area contributed by atoms with Crippen molar-refractivity contribution >= 4 is 0 Å². The zero-order chi connectivity index (χ0) is 13.1. The Morgan fingerprint density at radius 3 is 2.59 bits per heavy atom. The molecule has 1 atom stereocenters. The average molecular weight is 243 g/mol. The van der Waals surface area contributed by atoms with Gasteiger partial charge in [-0.2, -0.15) is 0 Å². The van der Waals surface area contributed by atoms with E-state index in [0.717, 1.165) is 18.2 Å². The Labute approximate surface area is 101 Å². The molecule has 0 spiro atoms. The Balaban J connectivity index is 2.71. The highest BCUT2D eigenvalue weighted by molar-refractivity contribution is 5.20. The van der Waals surface area contributed by atoms with Crippen molar-refractivity contribution in [2.75, 3.05) is 6.54 Å². The number of halogens is 2. The third kappa shape index (κ3) is 4.79. The van der Waals surface area contributed by atoms with E-state index in [1.807, 2.05) is 13.8 Å². The number of nitrogens with one attached hydrogen (secondary N) is 1. The summed E-state index contributed by atoms with van der Waals surface area (Å²) < 4.78 is 26.4. The van der Waals surface area contributed by atoms with Crippen LogP contribution in [0.4, 0.5) is 8.78 Å². The van der Waals surface area contributed by atoms with Gasteiger partial charge in [0.05, 0.1) is 5.60 Å². The second kappa shape index (κ2) is 5.56. The fraction of sp³-hybridized carbons (Fsp3) is 0.538. The van der Waals surface area contributed by atoms with Gasteiger partial charge in [0.25, 0.3) is 0 Å². The van der Waals surface area contributed by atoms with Crippen LogP contribution in [0, 0.1) is 11.6 Å². The van der Waals surface area contributed by atoms with Gasteiger partial charge < -0.3 is 10.4 Å².